The molecule has 1 aliphatic heterocycles. The van der Waals surface area contributed by atoms with Crippen LogP contribution in [0.25, 0.3) is 0 Å². The topological polar surface area (TPSA) is 9.23 Å². The number of hydrogen-bond acceptors (Lipinski definition) is 1. The lowest BCUT2D eigenvalue weighted by Crippen LogP contribution is -2.22. The van der Waals surface area contributed by atoms with Gasteiger partial charge in [0.1, 0.15) is 0 Å². The molecule has 110 valence electrons. The third kappa shape index (κ3) is 4.96. The van der Waals surface area contributed by atoms with Crippen molar-refractivity contribution in [3.8, 4) is 0 Å². The molecule has 1 nitrogen and oxygen atoms in total. The zero-order chi connectivity index (χ0) is 14.2. The van der Waals surface area contributed by atoms with E-state index in [1.54, 1.807) is 0 Å². The van der Waals surface area contributed by atoms with Crippen LogP contribution in [0.4, 0.5) is 0 Å². The standard InChI is InChI=1S/C18H25ClO/c1-2-4-16(17-11-13-20-14-12-17)6-3-5-15-7-9-18(19)10-8-15/h3,6-10,16-17H,2,4-5,11-14H2,1H3. The second-order valence-corrected chi connectivity index (χ2v) is 6.10. The predicted molar refractivity (Wildman–Crippen MR) is 86.2 cm³/mol. The average Bonchev–Trinajstić information content (AvgIpc) is 2.49. The largest absolute Gasteiger partial charge is 0.381 e. The zero-order valence-corrected chi connectivity index (χ0v) is 13.1. The van der Waals surface area contributed by atoms with Crippen molar-refractivity contribution < 1.29 is 4.74 Å². The lowest BCUT2D eigenvalue weighted by atomic mass is 9.83. The SMILES string of the molecule is CCCC(C=CCc1ccc(Cl)cc1)C1CCOCC1. The third-order valence-corrected chi connectivity index (χ3v) is 4.40. The maximum Gasteiger partial charge on any atom is 0.0468 e. The molecule has 2 heteroatoms. The molecule has 0 aromatic heterocycles. The summed E-state index contributed by atoms with van der Waals surface area (Å²) < 4.78 is 5.48. The van der Waals surface area contributed by atoms with Crippen LogP contribution in [0.5, 0.6) is 0 Å². The highest BCUT2D eigenvalue weighted by atomic mass is 35.5. The summed E-state index contributed by atoms with van der Waals surface area (Å²) in [5.41, 5.74) is 1.33. The zero-order valence-electron chi connectivity index (χ0n) is 12.4. The Morgan fingerprint density at radius 2 is 1.95 bits per heavy atom. The van der Waals surface area contributed by atoms with Crippen molar-refractivity contribution in [3.63, 3.8) is 0 Å². The van der Waals surface area contributed by atoms with Crippen molar-refractivity contribution >= 4 is 11.6 Å². The lowest BCUT2D eigenvalue weighted by Gasteiger charge is -2.28. The molecule has 2 rings (SSSR count). The van der Waals surface area contributed by atoms with Gasteiger partial charge in [-0.15, -0.1) is 0 Å². The summed E-state index contributed by atoms with van der Waals surface area (Å²) in [7, 11) is 0. The first-order valence-corrected chi connectivity index (χ1v) is 8.16. The molecule has 0 radical (unpaired) electrons. The predicted octanol–water partition coefficient (Wildman–Crippen LogP) is 5.28. The van der Waals surface area contributed by atoms with E-state index in [-0.39, 0.29) is 0 Å². The fourth-order valence-corrected chi connectivity index (χ4v) is 3.09. The van der Waals surface area contributed by atoms with E-state index < -0.39 is 0 Å². The van der Waals surface area contributed by atoms with Crippen molar-refractivity contribution in [1.29, 1.82) is 0 Å². The number of allylic oxidation sites excluding steroid dienone is 2. The summed E-state index contributed by atoms with van der Waals surface area (Å²) in [6.07, 6.45) is 10.8. The Balaban J connectivity index is 1.89. The lowest BCUT2D eigenvalue weighted by molar-refractivity contribution is 0.0524. The van der Waals surface area contributed by atoms with Gasteiger partial charge in [-0.05, 0) is 55.2 Å². The average molecular weight is 293 g/mol. The van der Waals surface area contributed by atoms with Gasteiger partial charge < -0.3 is 4.74 Å². The Morgan fingerprint density at radius 3 is 2.60 bits per heavy atom. The summed E-state index contributed by atoms with van der Waals surface area (Å²) in [6, 6.07) is 8.14. The fourth-order valence-electron chi connectivity index (χ4n) is 2.97. The summed E-state index contributed by atoms with van der Waals surface area (Å²) in [4.78, 5) is 0. The molecule has 1 saturated heterocycles. The van der Waals surface area contributed by atoms with Crippen molar-refractivity contribution in [2.24, 2.45) is 11.8 Å². The van der Waals surface area contributed by atoms with E-state index in [0.717, 1.165) is 36.5 Å². The van der Waals surface area contributed by atoms with Crippen LogP contribution in [0.3, 0.4) is 0 Å². The molecule has 0 bridgehead atoms. The summed E-state index contributed by atoms with van der Waals surface area (Å²) in [5.74, 6) is 1.53. The van der Waals surface area contributed by atoms with Crippen molar-refractivity contribution in [2.45, 2.75) is 39.0 Å². The molecule has 0 N–H and O–H groups in total. The minimum absolute atomic E-state index is 0.719. The number of ether oxygens (including phenoxy) is 1. The van der Waals surface area contributed by atoms with Crippen LogP contribution in [-0.4, -0.2) is 13.2 Å². The number of hydrogen-bond donors (Lipinski definition) is 0. The minimum atomic E-state index is 0.719. The molecule has 1 aromatic carbocycles. The molecule has 1 atom stereocenters. The van der Waals surface area contributed by atoms with Gasteiger partial charge in [-0.25, -0.2) is 0 Å². The van der Waals surface area contributed by atoms with Gasteiger partial charge in [0.2, 0.25) is 0 Å². The molecule has 0 saturated carbocycles. The molecule has 1 aliphatic rings. The summed E-state index contributed by atoms with van der Waals surface area (Å²) in [6.45, 7) is 4.16. The number of benzene rings is 1. The smallest absolute Gasteiger partial charge is 0.0468 e. The second kappa shape index (κ2) is 8.49. The maximum atomic E-state index is 5.91. The Kier molecular flexibility index (Phi) is 6.62. The molecular formula is C18H25ClO. The first-order chi connectivity index (χ1) is 9.79. The van der Waals surface area contributed by atoms with Crippen LogP contribution < -0.4 is 0 Å². The highest BCUT2D eigenvalue weighted by Crippen LogP contribution is 2.28. The first kappa shape index (κ1) is 15.6. The van der Waals surface area contributed by atoms with Crippen LogP contribution in [0, 0.1) is 11.8 Å². The van der Waals surface area contributed by atoms with Gasteiger partial charge in [-0.1, -0.05) is 49.2 Å². The molecule has 0 spiro atoms. The van der Waals surface area contributed by atoms with E-state index in [2.05, 4.69) is 31.2 Å². The van der Waals surface area contributed by atoms with Crippen molar-refractivity contribution in [3.05, 3.63) is 47.0 Å². The second-order valence-electron chi connectivity index (χ2n) is 5.66. The Hall–Kier alpha value is -0.790. The summed E-state index contributed by atoms with van der Waals surface area (Å²) in [5, 5.41) is 0.809. The van der Waals surface area contributed by atoms with E-state index in [0.29, 0.717) is 0 Å². The van der Waals surface area contributed by atoms with Gasteiger partial charge in [0, 0.05) is 18.2 Å². The Morgan fingerprint density at radius 1 is 1.25 bits per heavy atom. The van der Waals surface area contributed by atoms with Gasteiger partial charge in [0.15, 0.2) is 0 Å². The number of rotatable bonds is 6. The van der Waals surface area contributed by atoms with Gasteiger partial charge >= 0.3 is 0 Å². The Bertz CT molecular complexity index is 404. The van der Waals surface area contributed by atoms with Crippen LogP contribution in [-0.2, 0) is 11.2 Å². The third-order valence-electron chi connectivity index (χ3n) is 4.14. The molecule has 1 fully saturated rings. The van der Waals surface area contributed by atoms with Crippen LogP contribution in [0.15, 0.2) is 36.4 Å². The molecule has 0 aliphatic carbocycles. The normalized spacial score (nSPS) is 18.5. The molecule has 0 amide bonds. The van der Waals surface area contributed by atoms with E-state index >= 15 is 0 Å². The van der Waals surface area contributed by atoms with Crippen LogP contribution in [0.1, 0.15) is 38.2 Å². The highest BCUT2D eigenvalue weighted by molar-refractivity contribution is 6.30. The molecule has 1 unspecified atom stereocenters. The van der Waals surface area contributed by atoms with E-state index in [1.165, 1.54) is 31.2 Å². The van der Waals surface area contributed by atoms with E-state index in [1.807, 2.05) is 12.1 Å². The van der Waals surface area contributed by atoms with E-state index in [9.17, 15) is 0 Å². The van der Waals surface area contributed by atoms with Crippen molar-refractivity contribution in [1.82, 2.24) is 0 Å². The maximum absolute atomic E-state index is 5.91. The number of halogens is 1. The first-order valence-electron chi connectivity index (χ1n) is 7.78. The van der Waals surface area contributed by atoms with Crippen molar-refractivity contribution in [2.75, 3.05) is 13.2 Å². The molecule has 1 aromatic rings. The summed E-state index contributed by atoms with van der Waals surface area (Å²) >= 11 is 5.91. The van der Waals surface area contributed by atoms with Crippen LogP contribution in [0.2, 0.25) is 5.02 Å². The van der Waals surface area contributed by atoms with Gasteiger partial charge in [0.05, 0.1) is 0 Å². The van der Waals surface area contributed by atoms with Gasteiger partial charge in [-0.3, -0.25) is 0 Å². The molecule has 20 heavy (non-hydrogen) atoms. The molecule has 1 heterocycles. The Labute approximate surface area is 128 Å². The van der Waals surface area contributed by atoms with Gasteiger partial charge in [0.25, 0.3) is 0 Å². The minimum Gasteiger partial charge on any atom is -0.381 e. The monoisotopic (exact) mass is 292 g/mol. The highest BCUT2D eigenvalue weighted by Gasteiger charge is 2.21. The van der Waals surface area contributed by atoms with E-state index in [4.69, 9.17) is 16.3 Å². The fraction of sp³-hybridized carbons (Fsp3) is 0.556. The quantitative estimate of drug-likeness (QED) is 0.648. The van der Waals surface area contributed by atoms with Crippen LogP contribution >= 0.6 is 11.6 Å². The van der Waals surface area contributed by atoms with Gasteiger partial charge in [-0.2, -0.15) is 0 Å². The molecular weight excluding hydrogens is 268 g/mol.